The maximum atomic E-state index is 12.7. The zero-order valence-electron chi connectivity index (χ0n) is 18.0. The number of hydrogen-bond acceptors (Lipinski definition) is 3. The lowest BCUT2D eigenvalue weighted by molar-refractivity contribution is 0.0476. The van der Waals surface area contributed by atoms with Crippen LogP contribution >= 0.6 is 0 Å². The first kappa shape index (κ1) is 21.1. The Hall–Kier alpha value is -3.11. The Morgan fingerprint density at radius 2 is 1.45 bits per heavy atom. The number of nitrogens with zero attached hydrogens (tertiary/aromatic N) is 1. The van der Waals surface area contributed by atoms with Gasteiger partial charge < -0.3 is 10.1 Å². The van der Waals surface area contributed by atoms with E-state index in [4.69, 9.17) is 4.74 Å². The van der Waals surface area contributed by atoms with Crippen LogP contribution in [0.1, 0.15) is 41.1 Å². The van der Waals surface area contributed by atoms with Crippen LogP contribution in [0.2, 0.25) is 0 Å². The molecule has 0 unspecified atom stereocenters. The van der Waals surface area contributed by atoms with E-state index >= 15 is 0 Å². The van der Waals surface area contributed by atoms with Crippen molar-refractivity contribution in [2.75, 3.05) is 13.1 Å². The smallest absolute Gasteiger partial charge is 0.408 e. The number of rotatable bonds is 6. The minimum absolute atomic E-state index is 0.0403. The first-order valence-corrected chi connectivity index (χ1v) is 11.0. The van der Waals surface area contributed by atoms with Gasteiger partial charge in [0.1, 0.15) is 6.10 Å². The Morgan fingerprint density at radius 3 is 2.00 bits per heavy atom. The number of hydrogen-bond donors (Lipinski definition) is 1. The molecule has 1 saturated heterocycles. The minimum Gasteiger partial charge on any atom is -0.446 e. The quantitative estimate of drug-likeness (QED) is 0.581. The first-order valence-electron chi connectivity index (χ1n) is 11.0. The number of piperidine rings is 1. The monoisotopic (exact) mass is 414 g/mol. The third-order valence-electron chi connectivity index (χ3n) is 5.86. The van der Waals surface area contributed by atoms with Crippen molar-refractivity contribution in [3.8, 4) is 0 Å². The van der Waals surface area contributed by atoms with E-state index in [0.29, 0.717) is 0 Å². The van der Waals surface area contributed by atoms with Gasteiger partial charge in [-0.2, -0.15) is 0 Å². The molecule has 0 bridgehead atoms. The number of alkyl carbamates (subject to hydrolysis) is 1. The summed E-state index contributed by atoms with van der Waals surface area (Å²) in [6, 6.07) is 28.5. The molecule has 3 aromatic carbocycles. The number of amides is 1. The standard InChI is InChI=1S/C27H30N2O2/c1-21-12-14-22(15-13-21)20-29-18-16-25(17-19-29)31-27(30)28-26(23-8-4-2-5-9-23)24-10-6-3-7-11-24/h2-15,25-26H,16-20H2,1H3,(H,28,30). The topological polar surface area (TPSA) is 41.6 Å². The summed E-state index contributed by atoms with van der Waals surface area (Å²) in [7, 11) is 0. The SMILES string of the molecule is Cc1ccc(CN2CCC(OC(=O)NC(c3ccccc3)c3ccccc3)CC2)cc1. The molecule has 1 amide bonds. The van der Waals surface area contributed by atoms with Gasteiger partial charge in [0.2, 0.25) is 0 Å². The van der Waals surface area contributed by atoms with Gasteiger partial charge in [-0.15, -0.1) is 0 Å². The lowest BCUT2D eigenvalue weighted by Crippen LogP contribution is -2.40. The van der Waals surface area contributed by atoms with E-state index in [2.05, 4.69) is 41.4 Å². The molecule has 4 rings (SSSR count). The van der Waals surface area contributed by atoms with Crippen LogP contribution < -0.4 is 5.32 Å². The molecule has 0 radical (unpaired) electrons. The Bertz CT molecular complexity index is 910. The molecule has 1 N–H and O–H groups in total. The van der Waals surface area contributed by atoms with Gasteiger partial charge in [-0.3, -0.25) is 4.90 Å². The summed E-state index contributed by atoms with van der Waals surface area (Å²) in [5.41, 5.74) is 4.69. The zero-order chi connectivity index (χ0) is 21.5. The van der Waals surface area contributed by atoms with Crippen molar-refractivity contribution in [1.29, 1.82) is 0 Å². The summed E-state index contributed by atoms with van der Waals surface area (Å²) >= 11 is 0. The second kappa shape index (κ2) is 10.3. The lowest BCUT2D eigenvalue weighted by atomic mass is 9.99. The first-order chi connectivity index (χ1) is 15.2. The number of ether oxygens (including phenoxy) is 1. The summed E-state index contributed by atoms with van der Waals surface area (Å²) < 4.78 is 5.80. The molecular formula is C27H30N2O2. The van der Waals surface area contributed by atoms with Crippen molar-refractivity contribution in [1.82, 2.24) is 10.2 Å². The molecule has 0 atom stereocenters. The molecule has 160 valence electrons. The molecule has 1 heterocycles. The van der Waals surface area contributed by atoms with E-state index in [-0.39, 0.29) is 18.2 Å². The highest BCUT2D eigenvalue weighted by atomic mass is 16.6. The molecule has 1 aliphatic rings. The third kappa shape index (κ3) is 5.96. The second-order valence-corrected chi connectivity index (χ2v) is 8.27. The Morgan fingerprint density at radius 1 is 0.903 bits per heavy atom. The van der Waals surface area contributed by atoms with E-state index < -0.39 is 0 Å². The molecule has 0 aliphatic carbocycles. The van der Waals surface area contributed by atoms with Gasteiger partial charge in [0.25, 0.3) is 0 Å². The highest BCUT2D eigenvalue weighted by molar-refractivity contribution is 5.69. The predicted octanol–water partition coefficient (Wildman–Crippen LogP) is 5.48. The molecule has 4 nitrogen and oxygen atoms in total. The fourth-order valence-corrected chi connectivity index (χ4v) is 4.09. The fourth-order valence-electron chi connectivity index (χ4n) is 4.09. The largest absolute Gasteiger partial charge is 0.446 e. The predicted molar refractivity (Wildman–Crippen MR) is 124 cm³/mol. The van der Waals surface area contributed by atoms with Crippen LogP contribution in [0.5, 0.6) is 0 Å². The van der Waals surface area contributed by atoms with Crippen molar-refractivity contribution >= 4 is 6.09 Å². The van der Waals surface area contributed by atoms with E-state index in [1.54, 1.807) is 0 Å². The highest BCUT2D eigenvalue weighted by Crippen LogP contribution is 2.23. The summed E-state index contributed by atoms with van der Waals surface area (Å²) in [5, 5.41) is 3.08. The summed E-state index contributed by atoms with van der Waals surface area (Å²) in [4.78, 5) is 15.2. The minimum atomic E-state index is -0.352. The van der Waals surface area contributed by atoms with Crippen LogP contribution in [0.4, 0.5) is 4.79 Å². The summed E-state index contributed by atoms with van der Waals surface area (Å²) in [6.07, 6.45) is 1.33. The summed E-state index contributed by atoms with van der Waals surface area (Å²) in [6.45, 7) is 4.93. The van der Waals surface area contributed by atoms with Crippen LogP contribution in [0.25, 0.3) is 0 Å². The van der Waals surface area contributed by atoms with Gasteiger partial charge in [-0.1, -0.05) is 90.5 Å². The average Bonchev–Trinajstić information content (AvgIpc) is 2.81. The van der Waals surface area contributed by atoms with Crippen molar-refractivity contribution < 1.29 is 9.53 Å². The fraction of sp³-hybridized carbons (Fsp3) is 0.296. The molecule has 0 saturated carbocycles. The molecular weight excluding hydrogens is 384 g/mol. The summed E-state index contributed by atoms with van der Waals surface area (Å²) in [5.74, 6) is 0. The van der Waals surface area contributed by atoms with Gasteiger partial charge in [0.05, 0.1) is 6.04 Å². The van der Waals surface area contributed by atoms with Gasteiger partial charge >= 0.3 is 6.09 Å². The Balaban J connectivity index is 1.31. The molecule has 0 aromatic heterocycles. The number of aryl methyl sites for hydroxylation is 1. The van der Waals surface area contributed by atoms with Crippen LogP contribution in [0.3, 0.4) is 0 Å². The van der Waals surface area contributed by atoms with Crippen molar-refractivity contribution in [2.24, 2.45) is 0 Å². The van der Waals surface area contributed by atoms with Gasteiger partial charge in [0.15, 0.2) is 0 Å². The number of carbonyl (C=O) groups is 1. The highest BCUT2D eigenvalue weighted by Gasteiger charge is 2.24. The number of nitrogens with one attached hydrogen (secondary N) is 1. The molecule has 3 aromatic rings. The zero-order valence-corrected chi connectivity index (χ0v) is 18.0. The number of likely N-dealkylation sites (tertiary alicyclic amines) is 1. The Kier molecular flexibility index (Phi) is 7.00. The lowest BCUT2D eigenvalue weighted by Gasteiger charge is -2.32. The normalized spacial score (nSPS) is 15.0. The van der Waals surface area contributed by atoms with Gasteiger partial charge in [0, 0.05) is 19.6 Å². The molecule has 1 aliphatic heterocycles. The van der Waals surface area contributed by atoms with E-state index in [1.165, 1.54) is 11.1 Å². The van der Waals surface area contributed by atoms with Crippen LogP contribution in [0.15, 0.2) is 84.9 Å². The maximum absolute atomic E-state index is 12.7. The molecule has 4 heteroatoms. The van der Waals surface area contributed by atoms with Gasteiger partial charge in [-0.25, -0.2) is 4.79 Å². The van der Waals surface area contributed by atoms with E-state index in [1.807, 2.05) is 60.7 Å². The number of carbonyl (C=O) groups excluding carboxylic acids is 1. The van der Waals surface area contributed by atoms with Gasteiger partial charge in [-0.05, 0) is 36.5 Å². The van der Waals surface area contributed by atoms with Crippen LogP contribution in [-0.2, 0) is 11.3 Å². The Labute approximate surface area is 184 Å². The second-order valence-electron chi connectivity index (χ2n) is 8.27. The molecule has 31 heavy (non-hydrogen) atoms. The van der Waals surface area contributed by atoms with Crippen molar-refractivity contribution in [3.05, 3.63) is 107 Å². The van der Waals surface area contributed by atoms with Crippen molar-refractivity contribution in [2.45, 2.75) is 38.5 Å². The average molecular weight is 415 g/mol. The number of benzene rings is 3. The van der Waals surface area contributed by atoms with E-state index in [9.17, 15) is 4.79 Å². The van der Waals surface area contributed by atoms with Crippen LogP contribution in [0, 0.1) is 6.92 Å². The van der Waals surface area contributed by atoms with Crippen LogP contribution in [-0.4, -0.2) is 30.2 Å². The molecule has 1 fully saturated rings. The molecule has 0 spiro atoms. The maximum Gasteiger partial charge on any atom is 0.408 e. The van der Waals surface area contributed by atoms with E-state index in [0.717, 1.165) is 43.6 Å². The third-order valence-corrected chi connectivity index (χ3v) is 5.86. The van der Waals surface area contributed by atoms with Crippen molar-refractivity contribution in [3.63, 3.8) is 0 Å².